The first-order chi connectivity index (χ1) is 22.1. The molecule has 0 spiro atoms. The number of nitrogen functional groups attached to an aromatic ring is 1. The first-order valence-corrected chi connectivity index (χ1v) is 17.0. The molecule has 2 aliphatic rings. The zero-order chi connectivity index (χ0) is 33.1. The molecular formula is C36H53N5O5. The van der Waals surface area contributed by atoms with Crippen LogP contribution in [0.3, 0.4) is 0 Å². The molecule has 0 aromatic heterocycles. The molecule has 1 aliphatic heterocycles. The number of hydrogen-bond acceptors (Lipinski definition) is 7. The lowest BCUT2D eigenvalue weighted by Crippen LogP contribution is -2.50. The van der Waals surface area contributed by atoms with E-state index in [2.05, 4.69) is 29.5 Å². The summed E-state index contributed by atoms with van der Waals surface area (Å²) in [6.07, 6.45) is 9.04. The van der Waals surface area contributed by atoms with E-state index in [1.807, 2.05) is 19.1 Å². The second kappa shape index (κ2) is 17.3. The summed E-state index contributed by atoms with van der Waals surface area (Å²) in [5.74, 6) is 0.791. The molecule has 3 amide bonds. The van der Waals surface area contributed by atoms with Crippen LogP contribution < -0.4 is 21.1 Å². The number of unbranched alkanes of at least 4 members (excludes halogenated alkanes) is 2. The van der Waals surface area contributed by atoms with E-state index in [0.717, 1.165) is 19.5 Å². The minimum atomic E-state index is -0.355. The molecule has 252 valence electrons. The molecule has 0 saturated heterocycles. The van der Waals surface area contributed by atoms with Crippen LogP contribution in [0.15, 0.2) is 42.5 Å². The molecule has 1 aliphatic carbocycles. The van der Waals surface area contributed by atoms with E-state index in [-0.39, 0.29) is 42.4 Å². The molecule has 5 N–H and O–H groups in total. The molecule has 1 fully saturated rings. The molecule has 1 heterocycles. The number of likely N-dealkylation sites (N-methyl/N-ethyl adjacent to an activating group) is 1. The van der Waals surface area contributed by atoms with Gasteiger partial charge in [-0.15, -0.1) is 0 Å². The zero-order valence-electron chi connectivity index (χ0n) is 27.8. The number of nitrogens with one attached hydrogen (secondary N) is 2. The van der Waals surface area contributed by atoms with Gasteiger partial charge in [-0.05, 0) is 75.9 Å². The normalized spacial score (nSPS) is 19.5. The van der Waals surface area contributed by atoms with Crippen LogP contribution in [0.25, 0.3) is 0 Å². The van der Waals surface area contributed by atoms with E-state index < -0.39 is 0 Å². The van der Waals surface area contributed by atoms with Gasteiger partial charge < -0.3 is 36.0 Å². The summed E-state index contributed by atoms with van der Waals surface area (Å²) in [6.45, 7) is 6.07. The number of hydrogen-bond donors (Lipinski definition) is 4. The highest BCUT2D eigenvalue weighted by Crippen LogP contribution is 2.31. The number of carbonyl (C=O) groups is 3. The van der Waals surface area contributed by atoms with E-state index >= 15 is 0 Å². The molecule has 4 rings (SSSR count). The van der Waals surface area contributed by atoms with Crippen molar-refractivity contribution in [3.63, 3.8) is 0 Å². The number of nitrogens with two attached hydrogens (primary N) is 1. The summed E-state index contributed by atoms with van der Waals surface area (Å²) in [5.41, 5.74) is 7.92. The highest BCUT2D eigenvalue weighted by molar-refractivity contribution is 6.00. The summed E-state index contributed by atoms with van der Waals surface area (Å²) >= 11 is 0. The Balaban J connectivity index is 1.33. The minimum Gasteiger partial charge on any atom is -0.488 e. The Morgan fingerprint density at radius 3 is 2.41 bits per heavy atom. The van der Waals surface area contributed by atoms with Crippen LogP contribution in [-0.2, 0) is 9.59 Å². The number of carbonyl (C=O) groups excluding carboxylic acids is 3. The van der Waals surface area contributed by atoms with Crippen LogP contribution in [0, 0.1) is 11.8 Å². The van der Waals surface area contributed by atoms with E-state index in [1.165, 1.54) is 32.1 Å². The minimum absolute atomic E-state index is 0.0573. The Morgan fingerprint density at radius 1 is 1.02 bits per heavy atom. The molecule has 2 aromatic carbocycles. The average Bonchev–Trinajstić information content (AvgIpc) is 3.04. The highest BCUT2D eigenvalue weighted by atomic mass is 16.5. The zero-order valence-corrected chi connectivity index (χ0v) is 27.8. The first-order valence-electron chi connectivity index (χ1n) is 17.0. The van der Waals surface area contributed by atoms with Gasteiger partial charge >= 0.3 is 0 Å². The van der Waals surface area contributed by atoms with Crippen LogP contribution in [0.5, 0.6) is 5.75 Å². The Labute approximate surface area is 274 Å². The Bertz CT molecular complexity index is 1310. The Hall–Kier alpha value is -3.63. The quantitative estimate of drug-likeness (QED) is 0.158. The van der Waals surface area contributed by atoms with Gasteiger partial charge in [0.2, 0.25) is 11.8 Å². The second-order valence-electron chi connectivity index (χ2n) is 13.3. The summed E-state index contributed by atoms with van der Waals surface area (Å²) in [4.78, 5) is 42.9. The lowest BCUT2D eigenvalue weighted by atomic mass is 9.89. The van der Waals surface area contributed by atoms with Crippen molar-refractivity contribution in [1.29, 1.82) is 0 Å². The number of aliphatic hydroxyl groups is 1. The fourth-order valence-electron chi connectivity index (χ4n) is 6.51. The van der Waals surface area contributed by atoms with Crippen LogP contribution in [-0.4, -0.2) is 78.1 Å². The predicted octanol–water partition coefficient (Wildman–Crippen LogP) is 5.53. The third kappa shape index (κ3) is 10.2. The standard InChI is InChI=1S/C36H53N5O5/c1-25-21-41(26(2)24-42)36(45)29-20-28(18-19-32(29)46-33(25)23-40(3)22-27-12-6-4-7-13-27)38-34(43)16-8-5-9-17-35(44)39-31-15-11-10-14-30(31)37/h10-11,14-15,18-20,25-27,33,42H,4-9,12-13,16-17,21-24,37H2,1-3H3,(H,38,43)(H,39,44)/t25-,26-,33-/m0/s1. The Morgan fingerprint density at radius 2 is 1.72 bits per heavy atom. The second-order valence-corrected chi connectivity index (χ2v) is 13.3. The van der Waals surface area contributed by atoms with Crippen molar-refractivity contribution in [3.05, 3.63) is 48.0 Å². The SMILES string of the molecule is C[C@H]1CN([C@@H](C)CO)C(=O)c2cc(NC(=O)CCCCCC(=O)Nc3ccccc3N)ccc2O[C@H]1CN(C)CC1CCCCC1. The number of para-hydroxylation sites is 2. The van der Waals surface area contributed by atoms with Gasteiger partial charge in [0, 0.05) is 44.1 Å². The first kappa shape index (κ1) is 35.2. The van der Waals surface area contributed by atoms with Gasteiger partial charge in [-0.1, -0.05) is 44.7 Å². The largest absolute Gasteiger partial charge is 0.488 e. The van der Waals surface area contributed by atoms with E-state index in [1.54, 1.807) is 35.2 Å². The summed E-state index contributed by atoms with van der Waals surface area (Å²) in [7, 11) is 2.15. The van der Waals surface area contributed by atoms with Crippen molar-refractivity contribution in [3.8, 4) is 5.75 Å². The van der Waals surface area contributed by atoms with Gasteiger partial charge in [-0.2, -0.15) is 0 Å². The molecule has 0 bridgehead atoms. The predicted molar refractivity (Wildman–Crippen MR) is 183 cm³/mol. The summed E-state index contributed by atoms with van der Waals surface area (Å²) < 4.78 is 6.55. The summed E-state index contributed by atoms with van der Waals surface area (Å²) in [6, 6.07) is 12.0. The molecule has 0 unspecified atom stereocenters. The van der Waals surface area contributed by atoms with Gasteiger partial charge in [0.15, 0.2) is 0 Å². The number of rotatable bonds is 14. The molecule has 10 nitrogen and oxygen atoms in total. The maximum absolute atomic E-state index is 13.8. The fourth-order valence-corrected chi connectivity index (χ4v) is 6.51. The number of nitrogens with zero attached hydrogens (tertiary/aromatic N) is 2. The maximum atomic E-state index is 13.8. The number of benzene rings is 2. The van der Waals surface area contributed by atoms with Crippen LogP contribution in [0.4, 0.5) is 17.1 Å². The van der Waals surface area contributed by atoms with Gasteiger partial charge in [0.05, 0.1) is 29.6 Å². The van der Waals surface area contributed by atoms with Crippen LogP contribution in [0.2, 0.25) is 0 Å². The number of aliphatic hydroxyl groups excluding tert-OH is 1. The monoisotopic (exact) mass is 635 g/mol. The van der Waals surface area contributed by atoms with Gasteiger partial charge in [0.25, 0.3) is 5.91 Å². The van der Waals surface area contributed by atoms with Crippen LogP contribution in [0.1, 0.15) is 88.4 Å². The van der Waals surface area contributed by atoms with Crippen molar-refractivity contribution < 1.29 is 24.2 Å². The van der Waals surface area contributed by atoms with Crippen molar-refractivity contribution in [2.75, 3.05) is 49.7 Å². The number of ether oxygens (including phenoxy) is 1. The molecule has 0 radical (unpaired) electrons. The van der Waals surface area contributed by atoms with Gasteiger partial charge in [0.1, 0.15) is 11.9 Å². The molecule has 3 atom stereocenters. The molecule has 1 saturated carbocycles. The number of anilines is 3. The molecule has 10 heteroatoms. The van der Waals surface area contributed by atoms with Crippen molar-refractivity contribution >= 4 is 34.8 Å². The average molecular weight is 636 g/mol. The van der Waals surface area contributed by atoms with Crippen molar-refractivity contribution in [2.45, 2.75) is 90.2 Å². The third-order valence-electron chi connectivity index (χ3n) is 9.28. The Kier molecular flexibility index (Phi) is 13.3. The maximum Gasteiger partial charge on any atom is 0.258 e. The molecular weight excluding hydrogens is 582 g/mol. The van der Waals surface area contributed by atoms with Gasteiger partial charge in [-0.3, -0.25) is 14.4 Å². The lowest BCUT2D eigenvalue weighted by Gasteiger charge is -2.38. The number of amides is 3. The van der Waals surface area contributed by atoms with Crippen LogP contribution >= 0.6 is 0 Å². The van der Waals surface area contributed by atoms with E-state index in [9.17, 15) is 19.5 Å². The van der Waals surface area contributed by atoms with Crippen molar-refractivity contribution in [1.82, 2.24) is 9.80 Å². The van der Waals surface area contributed by atoms with Crippen molar-refractivity contribution in [2.24, 2.45) is 11.8 Å². The third-order valence-corrected chi connectivity index (χ3v) is 9.28. The smallest absolute Gasteiger partial charge is 0.258 e. The molecule has 46 heavy (non-hydrogen) atoms. The highest BCUT2D eigenvalue weighted by Gasteiger charge is 2.34. The molecule has 2 aromatic rings. The number of fused-ring (bicyclic) bond motifs is 1. The summed E-state index contributed by atoms with van der Waals surface area (Å²) in [5, 5.41) is 15.7. The topological polar surface area (TPSA) is 137 Å². The fraction of sp³-hybridized carbons (Fsp3) is 0.583. The van der Waals surface area contributed by atoms with E-state index in [4.69, 9.17) is 10.5 Å². The lowest BCUT2D eigenvalue weighted by molar-refractivity contribution is -0.116. The van der Waals surface area contributed by atoms with E-state index in [0.29, 0.717) is 66.5 Å². The van der Waals surface area contributed by atoms with Gasteiger partial charge in [-0.25, -0.2) is 0 Å².